The van der Waals surface area contributed by atoms with E-state index in [4.69, 9.17) is 4.74 Å². The number of benzene rings is 1. The first-order valence-electron chi connectivity index (χ1n) is 9.28. The van der Waals surface area contributed by atoms with Crippen LogP contribution < -0.4 is 0 Å². The van der Waals surface area contributed by atoms with Crippen LogP contribution in [-0.4, -0.2) is 65.7 Å². The lowest BCUT2D eigenvalue weighted by Gasteiger charge is -2.38. The third kappa shape index (κ3) is 4.18. The maximum absolute atomic E-state index is 12.5. The largest absolute Gasteiger partial charge is 0.444 e. The van der Waals surface area contributed by atoms with E-state index in [9.17, 15) is 9.59 Å². The van der Waals surface area contributed by atoms with E-state index < -0.39 is 11.7 Å². The summed E-state index contributed by atoms with van der Waals surface area (Å²) >= 11 is 0. The van der Waals surface area contributed by atoms with Crippen LogP contribution in [0.3, 0.4) is 0 Å². The van der Waals surface area contributed by atoms with Gasteiger partial charge in [0.05, 0.1) is 6.67 Å². The zero-order chi connectivity index (χ0) is 18.9. The van der Waals surface area contributed by atoms with Gasteiger partial charge in [0.1, 0.15) is 12.1 Å². The number of carbonyl (C=O) groups is 2. The van der Waals surface area contributed by atoms with Crippen molar-refractivity contribution in [3.63, 3.8) is 0 Å². The summed E-state index contributed by atoms with van der Waals surface area (Å²) in [6, 6.07) is 8.89. The van der Waals surface area contributed by atoms with Crippen LogP contribution in [0.2, 0.25) is 0 Å². The van der Waals surface area contributed by atoms with E-state index in [0.717, 1.165) is 12.8 Å². The van der Waals surface area contributed by atoms with Gasteiger partial charge in [-0.25, -0.2) is 4.79 Å². The molecule has 1 fully saturated rings. The number of hydrogen-bond acceptors (Lipinski definition) is 4. The summed E-state index contributed by atoms with van der Waals surface area (Å²) < 4.78 is 5.37. The summed E-state index contributed by atoms with van der Waals surface area (Å²) in [5, 5.41) is 0. The molecule has 1 aliphatic heterocycles. The monoisotopic (exact) mass is 359 g/mol. The van der Waals surface area contributed by atoms with E-state index in [2.05, 4.69) is 36.2 Å². The summed E-state index contributed by atoms with van der Waals surface area (Å²) in [5.74, 6) is -0.0276. The maximum atomic E-state index is 12.5. The first-order chi connectivity index (χ1) is 12.2. The number of carbonyl (C=O) groups excluding carboxylic acids is 2. The molecule has 2 amide bonds. The van der Waals surface area contributed by atoms with Crippen LogP contribution in [0.1, 0.15) is 44.4 Å². The maximum Gasteiger partial charge on any atom is 0.410 e. The van der Waals surface area contributed by atoms with Gasteiger partial charge in [0.25, 0.3) is 0 Å². The number of ether oxygens (including phenoxy) is 1. The van der Waals surface area contributed by atoms with Gasteiger partial charge in [-0.2, -0.15) is 0 Å². The zero-order valence-electron chi connectivity index (χ0n) is 16.2. The minimum atomic E-state index is -0.548. The molecule has 0 radical (unpaired) electrons. The van der Waals surface area contributed by atoms with Crippen LogP contribution in [-0.2, 0) is 16.0 Å². The minimum Gasteiger partial charge on any atom is -0.444 e. The average Bonchev–Trinajstić information content (AvgIpc) is 2.99. The van der Waals surface area contributed by atoms with Crippen LogP contribution in [0.15, 0.2) is 24.3 Å². The molecule has 6 nitrogen and oxygen atoms in total. The molecule has 1 atom stereocenters. The van der Waals surface area contributed by atoms with Gasteiger partial charge in [-0.15, -0.1) is 0 Å². The Hall–Kier alpha value is -2.08. The number of fused-ring (bicyclic) bond motifs is 1. The molecule has 0 saturated carbocycles. The molecule has 1 aromatic carbocycles. The molecule has 3 rings (SSSR count). The van der Waals surface area contributed by atoms with Gasteiger partial charge >= 0.3 is 6.09 Å². The van der Waals surface area contributed by atoms with E-state index in [-0.39, 0.29) is 12.5 Å². The van der Waals surface area contributed by atoms with Crippen LogP contribution in [0.4, 0.5) is 4.79 Å². The average molecular weight is 359 g/mol. The Morgan fingerprint density at radius 1 is 1.27 bits per heavy atom. The van der Waals surface area contributed by atoms with E-state index >= 15 is 0 Å². The third-order valence-electron chi connectivity index (χ3n) is 5.00. The van der Waals surface area contributed by atoms with Crippen molar-refractivity contribution in [2.45, 2.75) is 45.3 Å². The molecule has 1 unspecified atom stereocenters. The SMILES string of the molecule is CN(CN1CCN(C(=O)OC(C)(C)C)CC1=O)C1CCc2ccccc21. The fourth-order valence-electron chi connectivity index (χ4n) is 3.70. The van der Waals surface area contributed by atoms with E-state index in [1.807, 2.05) is 25.7 Å². The molecular formula is C20H29N3O3. The highest BCUT2D eigenvalue weighted by atomic mass is 16.6. The minimum absolute atomic E-state index is 0.0276. The van der Waals surface area contributed by atoms with Gasteiger partial charge in [0.2, 0.25) is 5.91 Å². The second-order valence-corrected chi connectivity index (χ2v) is 8.21. The van der Waals surface area contributed by atoms with Gasteiger partial charge in [-0.1, -0.05) is 24.3 Å². The predicted octanol–water partition coefficient (Wildman–Crippen LogP) is 2.64. The summed E-state index contributed by atoms with van der Waals surface area (Å²) in [6.07, 6.45) is 1.76. The van der Waals surface area contributed by atoms with Crippen LogP contribution in [0, 0.1) is 0 Å². The second kappa shape index (κ2) is 7.27. The smallest absolute Gasteiger partial charge is 0.410 e. The summed E-state index contributed by atoms with van der Waals surface area (Å²) in [5.41, 5.74) is 2.23. The Kier molecular flexibility index (Phi) is 5.23. The molecule has 1 aromatic rings. The molecule has 0 N–H and O–H groups in total. The van der Waals surface area contributed by atoms with Crippen molar-refractivity contribution in [2.24, 2.45) is 0 Å². The fraction of sp³-hybridized carbons (Fsp3) is 0.600. The van der Waals surface area contributed by atoms with Gasteiger partial charge in [0.15, 0.2) is 0 Å². The topological polar surface area (TPSA) is 53.1 Å². The molecule has 2 aliphatic rings. The first kappa shape index (κ1) is 18.7. The number of piperazine rings is 1. The van der Waals surface area contributed by atoms with E-state index in [1.54, 1.807) is 0 Å². The molecule has 1 heterocycles. The lowest BCUT2D eigenvalue weighted by Crippen LogP contribution is -2.55. The number of hydrogen-bond donors (Lipinski definition) is 0. The molecule has 1 saturated heterocycles. The van der Waals surface area contributed by atoms with Crippen molar-refractivity contribution < 1.29 is 14.3 Å². The lowest BCUT2D eigenvalue weighted by molar-refractivity contribution is -0.138. The molecule has 142 valence electrons. The number of rotatable bonds is 3. The predicted molar refractivity (Wildman–Crippen MR) is 99.7 cm³/mol. The Bertz CT molecular complexity index is 683. The van der Waals surface area contributed by atoms with Crippen LogP contribution >= 0.6 is 0 Å². The van der Waals surface area contributed by atoms with Gasteiger partial charge in [-0.05, 0) is 51.8 Å². The zero-order valence-corrected chi connectivity index (χ0v) is 16.2. The second-order valence-electron chi connectivity index (χ2n) is 8.21. The van der Waals surface area contributed by atoms with Crippen molar-refractivity contribution in [1.82, 2.24) is 14.7 Å². The molecule has 0 spiro atoms. The third-order valence-corrected chi connectivity index (χ3v) is 5.00. The summed E-state index contributed by atoms with van der Waals surface area (Å²) in [4.78, 5) is 30.3. The van der Waals surface area contributed by atoms with Gasteiger partial charge in [-0.3, -0.25) is 14.6 Å². The molecule has 0 aromatic heterocycles. The van der Waals surface area contributed by atoms with E-state index in [0.29, 0.717) is 25.8 Å². The molecule has 1 aliphatic carbocycles. The molecule has 26 heavy (non-hydrogen) atoms. The number of aryl methyl sites for hydroxylation is 1. The highest BCUT2D eigenvalue weighted by Crippen LogP contribution is 2.34. The Morgan fingerprint density at radius 3 is 2.69 bits per heavy atom. The molecule has 0 bridgehead atoms. The number of amides is 2. The Balaban J connectivity index is 1.56. The highest BCUT2D eigenvalue weighted by molar-refractivity contribution is 5.83. The first-order valence-corrected chi connectivity index (χ1v) is 9.28. The summed E-state index contributed by atoms with van der Waals surface area (Å²) in [7, 11) is 2.07. The summed E-state index contributed by atoms with van der Waals surface area (Å²) in [6.45, 7) is 7.21. The molecular weight excluding hydrogens is 330 g/mol. The van der Waals surface area contributed by atoms with Gasteiger partial charge < -0.3 is 9.64 Å². The molecule has 6 heteroatoms. The van der Waals surface area contributed by atoms with Crippen molar-refractivity contribution in [3.05, 3.63) is 35.4 Å². The number of nitrogens with zero attached hydrogens (tertiary/aromatic N) is 3. The Labute approximate surface area is 155 Å². The lowest BCUT2D eigenvalue weighted by atomic mass is 10.1. The normalized spacial score (nSPS) is 20.5. The van der Waals surface area contributed by atoms with Crippen LogP contribution in [0.25, 0.3) is 0 Å². The van der Waals surface area contributed by atoms with Crippen molar-refractivity contribution in [3.8, 4) is 0 Å². The van der Waals surface area contributed by atoms with Crippen molar-refractivity contribution >= 4 is 12.0 Å². The van der Waals surface area contributed by atoms with Crippen molar-refractivity contribution in [1.29, 1.82) is 0 Å². The highest BCUT2D eigenvalue weighted by Gasteiger charge is 2.32. The quantitative estimate of drug-likeness (QED) is 0.833. The van der Waals surface area contributed by atoms with Crippen LogP contribution in [0.5, 0.6) is 0 Å². The Morgan fingerprint density at radius 2 is 2.00 bits per heavy atom. The van der Waals surface area contributed by atoms with Gasteiger partial charge in [0, 0.05) is 19.1 Å². The fourth-order valence-corrected chi connectivity index (χ4v) is 3.70. The standard InChI is InChI=1S/C20H29N3O3/c1-20(2,3)26-19(25)22-11-12-23(18(24)13-22)14-21(4)17-10-9-15-7-5-6-8-16(15)17/h5-8,17H,9-14H2,1-4H3. The van der Waals surface area contributed by atoms with Crippen molar-refractivity contribution in [2.75, 3.05) is 33.4 Å². The van der Waals surface area contributed by atoms with E-state index in [1.165, 1.54) is 16.0 Å².